The normalized spacial score (nSPS) is 13.5. The van der Waals surface area contributed by atoms with Crippen LogP contribution in [0.4, 0.5) is 5.69 Å². The first-order chi connectivity index (χ1) is 15.6. The third-order valence-electron chi connectivity index (χ3n) is 5.23. The summed E-state index contributed by atoms with van der Waals surface area (Å²) in [5.74, 6) is 0.635. The molecular formula is C25H23I2N3O2. The van der Waals surface area contributed by atoms with Crippen LogP contribution in [0, 0.1) is 7.14 Å². The Bertz CT molecular complexity index is 1070. The molecule has 1 N–H and O–H groups in total. The topological polar surface area (TPSA) is 53.9 Å². The SMILES string of the molecule is O=C(N/N=C\c1cc(I)c(OCc2ccccc2)c(I)c1)c1ccc(N2CCCC2)cc1. The molecule has 3 aromatic rings. The molecule has 0 aromatic heterocycles. The molecule has 0 spiro atoms. The summed E-state index contributed by atoms with van der Waals surface area (Å²) in [6.07, 6.45) is 4.12. The highest BCUT2D eigenvalue weighted by atomic mass is 127. The lowest BCUT2D eigenvalue weighted by atomic mass is 10.2. The van der Waals surface area contributed by atoms with Gasteiger partial charge in [-0.3, -0.25) is 4.79 Å². The van der Waals surface area contributed by atoms with Gasteiger partial charge in [0.25, 0.3) is 5.91 Å². The summed E-state index contributed by atoms with van der Waals surface area (Å²) < 4.78 is 8.01. The molecule has 3 aromatic carbocycles. The van der Waals surface area contributed by atoms with Crippen LogP contribution in [-0.2, 0) is 6.61 Å². The average Bonchev–Trinajstić information content (AvgIpc) is 3.34. The number of hydrogen-bond acceptors (Lipinski definition) is 4. The quantitative estimate of drug-likeness (QED) is 0.199. The predicted molar refractivity (Wildman–Crippen MR) is 146 cm³/mol. The van der Waals surface area contributed by atoms with Gasteiger partial charge in [-0.1, -0.05) is 30.3 Å². The zero-order chi connectivity index (χ0) is 22.3. The van der Waals surface area contributed by atoms with Crippen molar-refractivity contribution in [2.45, 2.75) is 19.4 Å². The van der Waals surface area contributed by atoms with Crippen molar-refractivity contribution < 1.29 is 9.53 Å². The first kappa shape index (κ1) is 23.0. The first-order valence-corrected chi connectivity index (χ1v) is 12.6. The second kappa shape index (κ2) is 11.1. The lowest BCUT2D eigenvalue weighted by molar-refractivity contribution is 0.0955. The van der Waals surface area contributed by atoms with Gasteiger partial charge >= 0.3 is 0 Å². The molecule has 0 bridgehead atoms. The smallest absolute Gasteiger partial charge is 0.271 e. The molecule has 4 rings (SSSR count). The Hall–Kier alpha value is -2.14. The fourth-order valence-electron chi connectivity index (χ4n) is 3.55. The van der Waals surface area contributed by atoms with E-state index in [0.717, 1.165) is 37.1 Å². The molecule has 0 saturated carbocycles. The summed E-state index contributed by atoms with van der Waals surface area (Å²) in [5, 5.41) is 4.14. The summed E-state index contributed by atoms with van der Waals surface area (Å²) >= 11 is 4.53. The monoisotopic (exact) mass is 651 g/mol. The van der Waals surface area contributed by atoms with Crippen molar-refractivity contribution in [1.29, 1.82) is 0 Å². The van der Waals surface area contributed by atoms with Crippen molar-refractivity contribution in [3.63, 3.8) is 0 Å². The van der Waals surface area contributed by atoms with Crippen molar-refractivity contribution in [2.75, 3.05) is 18.0 Å². The van der Waals surface area contributed by atoms with E-state index < -0.39 is 0 Å². The molecule has 5 nitrogen and oxygen atoms in total. The number of benzene rings is 3. The molecule has 0 radical (unpaired) electrons. The maximum atomic E-state index is 12.4. The summed E-state index contributed by atoms with van der Waals surface area (Å²) in [6, 6.07) is 21.8. The van der Waals surface area contributed by atoms with E-state index in [2.05, 4.69) is 60.6 Å². The van der Waals surface area contributed by atoms with Crippen LogP contribution in [0.2, 0.25) is 0 Å². The number of nitrogens with zero attached hydrogens (tertiary/aromatic N) is 2. The largest absolute Gasteiger partial charge is 0.487 e. The van der Waals surface area contributed by atoms with E-state index in [4.69, 9.17) is 4.74 Å². The Morgan fingerprint density at radius 1 is 1.00 bits per heavy atom. The van der Waals surface area contributed by atoms with Crippen molar-refractivity contribution in [3.05, 3.63) is 90.6 Å². The summed E-state index contributed by atoms with van der Waals surface area (Å²) in [6.45, 7) is 2.69. The molecule has 0 atom stereocenters. The van der Waals surface area contributed by atoms with Crippen molar-refractivity contribution >= 4 is 63.0 Å². The molecule has 0 aliphatic carbocycles. The van der Waals surface area contributed by atoms with Crippen molar-refractivity contribution in [3.8, 4) is 5.75 Å². The number of carbonyl (C=O) groups is 1. The van der Waals surface area contributed by atoms with Crippen LogP contribution < -0.4 is 15.1 Å². The number of nitrogens with one attached hydrogen (secondary N) is 1. The molecule has 0 unspecified atom stereocenters. The third-order valence-corrected chi connectivity index (χ3v) is 6.83. The number of rotatable bonds is 7. The van der Waals surface area contributed by atoms with E-state index in [9.17, 15) is 4.79 Å². The van der Waals surface area contributed by atoms with Crippen LogP contribution in [0.3, 0.4) is 0 Å². The summed E-state index contributed by atoms with van der Waals surface area (Å²) in [5.41, 5.74) is 6.41. The standard InChI is InChI=1S/C25H23I2N3O2/c26-22-14-19(15-23(27)24(22)32-17-18-6-2-1-3-7-18)16-28-29-25(31)20-8-10-21(11-9-20)30-12-4-5-13-30/h1-3,6-11,14-16H,4-5,12-13,17H2,(H,29,31)/b28-16-. The minimum atomic E-state index is -0.221. The molecule has 164 valence electrons. The van der Waals surface area contributed by atoms with Gasteiger partial charge in [0.15, 0.2) is 0 Å². The Balaban J connectivity index is 1.35. The van der Waals surface area contributed by atoms with Gasteiger partial charge in [-0.25, -0.2) is 5.43 Å². The molecule has 1 aliphatic rings. The zero-order valence-corrected chi connectivity index (χ0v) is 21.7. The molecule has 1 saturated heterocycles. The first-order valence-electron chi connectivity index (χ1n) is 10.4. The maximum Gasteiger partial charge on any atom is 0.271 e. The average molecular weight is 651 g/mol. The van der Waals surface area contributed by atoms with E-state index in [1.165, 1.54) is 18.5 Å². The van der Waals surface area contributed by atoms with Crippen LogP contribution in [-0.4, -0.2) is 25.2 Å². The summed E-state index contributed by atoms with van der Waals surface area (Å²) in [7, 11) is 0. The second-order valence-electron chi connectivity index (χ2n) is 7.53. The molecule has 1 amide bonds. The van der Waals surface area contributed by atoms with E-state index in [0.29, 0.717) is 12.2 Å². The number of anilines is 1. The van der Waals surface area contributed by atoms with Crippen molar-refractivity contribution in [2.24, 2.45) is 5.10 Å². The van der Waals surface area contributed by atoms with Gasteiger partial charge in [0.2, 0.25) is 0 Å². The van der Waals surface area contributed by atoms with Crippen molar-refractivity contribution in [1.82, 2.24) is 5.43 Å². The van der Waals surface area contributed by atoms with E-state index in [-0.39, 0.29) is 5.91 Å². The van der Waals surface area contributed by atoms with Gasteiger partial charge in [-0.05, 0) is 106 Å². The number of hydrazone groups is 1. The number of hydrogen-bond donors (Lipinski definition) is 1. The van der Waals surface area contributed by atoms with Gasteiger partial charge < -0.3 is 9.64 Å². The molecule has 32 heavy (non-hydrogen) atoms. The number of halogens is 2. The fraction of sp³-hybridized carbons (Fsp3) is 0.200. The van der Waals surface area contributed by atoms with E-state index in [1.54, 1.807) is 6.21 Å². The number of carbonyl (C=O) groups excluding carboxylic acids is 1. The molecule has 7 heteroatoms. The highest BCUT2D eigenvalue weighted by Gasteiger charge is 2.13. The molecule has 1 aliphatic heterocycles. The fourth-order valence-corrected chi connectivity index (χ4v) is 5.68. The Morgan fingerprint density at radius 3 is 2.31 bits per heavy atom. The maximum absolute atomic E-state index is 12.4. The minimum Gasteiger partial charge on any atom is -0.487 e. The van der Waals surface area contributed by atoms with Crippen LogP contribution in [0.25, 0.3) is 0 Å². The van der Waals surface area contributed by atoms with Gasteiger partial charge in [0.1, 0.15) is 12.4 Å². The molecule has 1 heterocycles. The lowest BCUT2D eigenvalue weighted by Crippen LogP contribution is -2.19. The predicted octanol–water partition coefficient (Wildman–Crippen LogP) is 5.84. The highest BCUT2D eigenvalue weighted by molar-refractivity contribution is 14.1. The highest BCUT2D eigenvalue weighted by Crippen LogP contribution is 2.29. The minimum absolute atomic E-state index is 0.221. The molecular weight excluding hydrogens is 628 g/mol. The van der Waals surface area contributed by atoms with Crippen LogP contribution >= 0.6 is 45.2 Å². The van der Waals surface area contributed by atoms with Gasteiger partial charge in [-0.15, -0.1) is 0 Å². The van der Waals surface area contributed by atoms with Gasteiger partial charge in [-0.2, -0.15) is 5.10 Å². The van der Waals surface area contributed by atoms with Crippen LogP contribution in [0.15, 0.2) is 71.8 Å². The van der Waals surface area contributed by atoms with Gasteiger partial charge in [0.05, 0.1) is 13.4 Å². The Labute approximate surface area is 215 Å². The van der Waals surface area contributed by atoms with E-state index >= 15 is 0 Å². The second-order valence-corrected chi connectivity index (χ2v) is 9.85. The summed E-state index contributed by atoms with van der Waals surface area (Å²) in [4.78, 5) is 14.8. The lowest BCUT2D eigenvalue weighted by Gasteiger charge is -2.17. The number of ether oxygens (including phenoxy) is 1. The van der Waals surface area contributed by atoms with Gasteiger partial charge in [0, 0.05) is 24.3 Å². The third kappa shape index (κ3) is 6.00. The molecule has 1 fully saturated rings. The Morgan fingerprint density at radius 2 is 1.66 bits per heavy atom. The van der Waals surface area contributed by atoms with Crippen LogP contribution in [0.1, 0.15) is 34.3 Å². The Kier molecular flexibility index (Phi) is 8.01. The zero-order valence-electron chi connectivity index (χ0n) is 17.4. The number of amides is 1. The van der Waals surface area contributed by atoms with E-state index in [1.807, 2.05) is 66.7 Å². The van der Waals surface area contributed by atoms with Crippen LogP contribution in [0.5, 0.6) is 5.75 Å².